The van der Waals surface area contributed by atoms with E-state index in [1.54, 1.807) is 11.1 Å². The Morgan fingerprint density at radius 1 is 1.09 bits per heavy atom. The predicted molar refractivity (Wildman–Crippen MR) is 134 cm³/mol. The highest BCUT2D eigenvalue weighted by Gasteiger charge is 2.62. The molecule has 0 aromatic heterocycles. The Bertz CT molecular complexity index is 832. The van der Waals surface area contributed by atoms with Crippen LogP contribution >= 0.6 is 0 Å². The molecule has 4 aliphatic carbocycles. The van der Waals surface area contributed by atoms with Crippen molar-refractivity contribution in [3.63, 3.8) is 0 Å². The molecule has 0 heterocycles. The third-order valence-electron chi connectivity index (χ3n) is 11.3. The van der Waals surface area contributed by atoms with Gasteiger partial charge in [0, 0.05) is 0 Å². The Labute approximate surface area is 197 Å². The van der Waals surface area contributed by atoms with Crippen LogP contribution in [0.15, 0.2) is 34.9 Å². The fraction of sp³-hybridized carbons (Fsp3) is 0.800. The molecule has 0 amide bonds. The quantitative estimate of drug-likeness (QED) is 0.443. The van der Waals surface area contributed by atoms with Crippen LogP contribution < -0.4 is 0 Å². The third kappa shape index (κ3) is 3.34. The molecule has 7 atom stereocenters. The van der Waals surface area contributed by atoms with Crippen LogP contribution in [0.25, 0.3) is 0 Å². The minimum Gasteiger partial charge on any atom is -0.393 e. The zero-order chi connectivity index (χ0) is 23.5. The molecule has 4 aliphatic rings. The van der Waals surface area contributed by atoms with Crippen LogP contribution in [0.1, 0.15) is 99.8 Å². The monoisotopic (exact) mass is 440 g/mol. The molecular formula is C30H48O2. The summed E-state index contributed by atoms with van der Waals surface area (Å²) in [4.78, 5) is 0. The van der Waals surface area contributed by atoms with Gasteiger partial charge < -0.3 is 10.2 Å². The van der Waals surface area contributed by atoms with Gasteiger partial charge in [-0.1, -0.05) is 65.3 Å². The Kier molecular flexibility index (Phi) is 6.16. The summed E-state index contributed by atoms with van der Waals surface area (Å²) in [6.07, 6.45) is 16.6. The molecule has 4 rings (SSSR count). The van der Waals surface area contributed by atoms with Gasteiger partial charge in [0.2, 0.25) is 0 Å². The molecule has 0 spiro atoms. The van der Waals surface area contributed by atoms with Gasteiger partial charge in [-0.15, -0.1) is 0 Å². The Morgan fingerprint density at radius 3 is 2.50 bits per heavy atom. The van der Waals surface area contributed by atoms with Crippen molar-refractivity contribution in [2.24, 2.45) is 39.4 Å². The van der Waals surface area contributed by atoms with Crippen LogP contribution in [-0.2, 0) is 0 Å². The van der Waals surface area contributed by atoms with Crippen molar-refractivity contribution >= 4 is 0 Å². The Hall–Kier alpha value is -0.860. The highest BCUT2D eigenvalue weighted by atomic mass is 16.3. The SMILES string of the molecule is C/C(=C\CC[C@H](C)[C@@H]1CC[C@@]2(C)C3=CC[C@H]4C(C)(C)[C@@H](O)CC[C@]4(C)C3=CC[C@]12C)CO. The molecule has 2 saturated carbocycles. The van der Waals surface area contributed by atoms with Gasteiger partial charge in [-0.05, 0) is 109 Å². The first kappa shape index (κ1) is 24.3. The summed E-state index contributed by atoms with van der Waals surface area (Å²) in [7, 11) is 0. The van der Waals surface area contributed by atoms with Crippen LogP contribution in [0, 0.1) is 39.4 Å². The van der Waals surface area contributed by atoms with Gasteiger partial charge in [-0.2, -0.15) is 0 Å². The van der Waals surface area contributed by atoms with Gasteiger partial charge in [0.15, 0.2) is 0 Å². The zero-order valence-corrected chi connectivity index (χ0v) is 21.8. The largest absolute Gasteiger partial charge is 0.393 e. The maximum atomic E-state index is 10.8. The molecule has 180 valence electrons. The molecule has 0 radical (unpaired) electrons. The van der Waals surface area contributed by atoms with E-state index in [-0.39, 0.29) is 29.0 Å². The van der Waals surface area contributed by atoms with Crippen LogP contribution in [-0.4, -0.2) is 22.9 Å². The highest BCUT2D eigenvalue weighted by Crippen LogP contribution is 2.71. The van der Waals surface area contributed by atoms with Gasteiger partial charge in [0.05, 0.1) is 12.7 Å². The number of rotatable bonds is 5. The average Bonchev–Trinajstić information content (AvgIpc) is 3.02. The van der Waals surface area contributed by atoms with E-state index in [2.05, 4.69) is 59.8 Å². The Morgan fingerprint density at radius 2 is 1.81 bits per heavy atom. The number of aliphatic hydroxyl groups excluding tert-OH is 2. The van der Waals surface area contributed by atoms with Crippen molar-refractivity contribution in [2.75, 3.05) is 6.61 Å². The lowest BCUT2D eigenvalue weighted by atomic mass is 9.44. The summed E-state index contributed by atoms with van der Waals surface area (Å²) in [5.74, 6) is 1.99. The summed E-state index contributed by atoms with van der Waals surface area (Å²) < 4.78 is 0. The smallest absolute Gasteiger partial charge is 0.0639 e. The van der Waals surface area contributed by atoms with Crippen molar-refractivity contribution in [3.8, 4) is 0 Å². The second-order valence-electron chi connectivity index (χ2n) is 13.2. The van der Waals surface area contributed by atoms with Crippen molar-refractivity contribution in [2.45, 2.75) is 106 Å². The summed E-state index contributed by atoms with van der Waals surface area (Å²) in [6, 6.07) is 0. The standard InChI is InChI=1S/C30H48O2/c1-20(19-31)9-8-10-21(2)22-13-17-30(7)24-11-12-25-27(3,4)26(32)15-16-28(25,5)23(24)14-18-29(22,30)6/h9,11,14,21-22,25-26,31-32H,8,10,12-13,15-19H2,1-7H3/b20-9+/t21-,22-,25-,26-,28+,29+,30-/m0/s1. The number of hydrogen-bond acceptors (Lipinski definition) is 2. The number of fused-ring (bicyclic) bond motifs is 5. The van der Waals surface area contributed by atoms with E-state index < -0.39 is 0 Å². The molecule has 0 bridgehead atoms. The molecule has 0 aromatic rings. The number of allylic oxidation sites excluding steroid dienone is 5. The highest BCUT2D eigenvalue weighted by molar-refractivity contribution is 5.49. The van der Waals surface area contributed by atoms with E-state index in [4.69, 9.17) is 0 Å². The summed E-state index contributed by atoms with van der Waals surface area (Å²) >= 11 is 0. The minimum absolute atomic E-state index is 0.0233. The van der Waals surface area contributed by atoms with Crippen LogP contribution in [0.2, 0.25) is 0 Å². The molecule has 2 heteroatoms. The number of aliphatic hydroxyl groups is 2. The minimum atomic E-state index is -0.180. The lowest BCUT2D eigenvalue weighted by molar-refractivity contribution is -0.0851. The molecule has 32 heavy (non-hydrogen) atoms. The van der Waals surface area contributed by atoms with Gasteiger partial charge in [0.25, 0.3) is 0 Å². The van der Waals surface area contributed by atoms with Crippen molar-refractivity contribution in [1.29, 1.82) is 0 Å². The maximum absolute atomic E-state index is 10.8. The predicted octanol–water partition coefficient (Wildman–Crippen LogP) is 7.23. The first-order chi connectivity index (χ1) is 14.9. The fourth-order valence-electron chi connectivity index (χ4n) is 8.80. The molecule has 0 aliphatic heterocycles. The zero-order valence-electron chi connectivity index (χ0n) is 21.8. The lowest BCUT2D eigenvalue weighted by Gasteiger charge is -2.61. The first-order valence-corrected chi connectivity index (χ1v) is 13.3. The fourth-order valence-corrected chi connectivity index (χ4v) is 8.80. The van der Waals surface area contributed by atoms with Gasteiger partial charge in [-0.3, -0.25) is 0 Å². The van der Waals surface area contributed by atoms with E-state index in [1.165, 1.54) is 25.7 Å². The molecule has 0 aromatic carbocycles. The summed E-state index contributed by atoms with van der Waals surface area (Å²) in [5, 5.41) is 20.1. The molecule has 0 saturated heterocycles. The normalized spacial score (nSPS) is 44.2. The van der Waals surface area contributed by atoms with Gasteiger partial charge >= 0.3 is 0 Å². The topological polar surface area (TPSA) is 40.5 Å². The summed E-state index contributed by atoms with van der Waals surface area (Å²) in [6.45, 7) is 17.0. The van der Waals surface area contributed by atoms with Crippen LogP contribution in [0.3, 0.4) is 0 Å². The second kappa shape index (κ2) is 8.12. The first-order valence-electron chi connectivity index (χ1n) is 13.3. The lowest BCUT2D eigenvalue weighted by Crippen LogP contribution is -2.54. The van der Waals surface area contributed by atoms with E-state index in [0.717, 1.165) is 37.2 Å². The van der Waals surface area contributed by atoms with Crippen LogP contribution in [0.5, 0.6) is 0 Å². The van der Waals surface area contributed by atoms with E-state index >= 15 is 0 Å². The molecular weight excluding hydrogens is 392 g/mol. The van der Waals surface area contributed by atoms with Crippen molar-refractivity contribution in [3.05, 3.63) is 34.9 Å². The Balaban J connectivity index is 1.63. The van der Waals surface area contributed by atoms with Crippen molar-refractivity contribution in [1.82, 2.24) is 0 Å². The molecule has 2 nitrogen and oxygen atoms in total. The molecule has 2 N–H and O–H groups in total. The van der Waals surface area contributed by atoms with Gasteiger partial charge in [0.1, 0.15) is 0 Å². The average molecular weight is 441 g/mol. The van der Waals surface area contributed by atoms with E-state index in [1.807, 2.05) is 6.92 Å². The van der Waals surface area contributed by atoms with Crippen LogP contribution in [0.4, 0.5) is 0 Å². The maximum Gasteiger partial charge on any atom is 0.0639 e. The second-order valence-corrected chi connectivity index (χ2v) is 13.2. The summed E-state index contributed by atoms with van der Waals surface area (Å²) in [5.41, 5.74) is 5.18. The van der Waals surface area contributed by atoms with Crippen molar-refractivity contribution < 1.29 is 10.2 Å². The van der Waals surface area contributed by atoms with Gasteiger partial charge in [-0.25, -0.2) is 0 Å². The number of hydrogen-bond donors (Lipinski definition) is 2. The van der Waals surface area contributed by atoms with E-state index in [9.17, 15) is 10.2 Å². The third-order valence-corrected chi connectivity index (χ3v) is 11.3. The molecule has 0 unspecified atom stereocenters. The van der Waals surface area contributed by atoms with E-state index in [0.29, 0.717) is 17.3 Å². The molecule has 2 fully saturated rings.